The van der Waals surface area contributed by atoms with Crippen LogP contribution in [0, 0.1) is 11.6 Å². The molecule has 0 aliphatic carbocycles. The lowest BCUT2D eigenvalue weighted by molar-refractivity contribution is -0.120. The third-order valence-corrected chi connectivity index (χ3v) is 2.42. The topological polar surface area (TPSA) is 29.1 Å². The first kappa shape index (κ1) is 12.9. The van der Waals surface area contributed by atoms with Gasteiger partial charge in [-0.2, -0.15) is 0 Å². The monoisotopic (exact) mass is 247 g/mol. The zero-order chi connectivity index (χ0) is 12.3. The van der Waals surface area contributed by atoms with Gasteiger partial charge in [0.15, 0.2) is 0 Å². The highest BCUT2D eigenvalue weighted by Gasteiger charge is 2.26. The molecular weight excluding hydrogens is 236 g/mol. The van der Waals surface area contributed by atoms with Crippen LogP contribution in [0.5, 0.6) is 0 Å². The summed E-state index contributed by atoms with van der Waals surface area (Å²) in [4.78, 5) is 11.1. The van der Waals surface area contributed by atoms with Gasteiger partial charge in [-0.05, 0) is 32.0 Å². The van der Waals surface area contributed by atoms with Gasteiger partial charge in [-0.1, -0.05) is 0 Å². The van der Waals surface area contributed by atoms with E-state index in [-0.39, 0.29) is 11.4 Å². The van der Waals surface area contributed by atoms with Crippen LogP contribution in [0.25, 0.3) is 0 Å². The molecule has 1 aromatic carbocycles. The van der Waals surface area contributed by atoms with E-state index in [0.29, 0.717) is 0 Å². The number of rotatable bonds is 3. The van der Waals surface area contributed by atoms with E-state index in [2.05, 4.69) is 5.32 Å². The normalized spacial score (nSPS) is 11.3. The van der Waals surface area contributed by atoms with E-state index in [4.69, 9.17) is 11.6 Å². The summed E-state index contributed by atoms with van der Waals surface area (Å²) in [5, 5.41) is 2.51. The summed E-state index contributed by atoms with van der Waals surface area (Å²) in [6.45, 7) is 3.16. The van der Waals surface area contributed by atoms with Crippen LogP contribution >= 0.6 is 11.6 Å². The maximum absolute atomic E-state index is 13.5. The average Bonchev–Trinajstić information content (AvgIpc) is 2.20. The second-order valence-electron chi connectivity index (χ2n) is 3.93. The number of nitrogens with one attached hydrogen (secondary N) is 1. The minimum absolute atomic E-state index is 0.0889. The molecule has 0 bridgehead atoms. The first-order chi connectivity index (χ1) is 7.36. The van der Waals surface area contributed by atoms with E-state index < -0.39 is 23.1 Å². The van der Waals surface area contributed by atoms with Crippen molar-refractivity contribution in [2.24, 2.45) is 0 Å². The molecular formula is C11H12ClF2NO. The van der Waals surface area contributed by atoms with Crippen molar-refractivity contribution in [3.63, 3.8) is 0 Å². The third kappa shape index (κ3) is 2.92. The Morgan fingerprint density at radius 1 is 1.44 bits per heavy atom. The summed E-state index contributed by atoms with van der Waals surface area (Å²) in [5.41, 5.74) is -0.913. The first-order valence-electron chi connectivity index (χ1n) is 4.69. The summed E-state index contributed by atoms with van der Waals surface area (Å²) >= 11 is 5.34. The highest BCUT2D eigenvalue weighted by atomic mass is 35.5. The van der Waals surface area contributed by atoms with Gasteiger partial charge < -0.3 is 5.32 Å². The first-order valence-corrected chi connectivity index (χ1v) is 5.23. The summed E-state index contributed by atoms with van der Waals surface area (Å²) in [5.74, 6) is -1.78. The quantitative estimate of drug-likeness (QED) is 0.818. The average molecular weight is 248 g/mol. The Labute approximate surface area is 97.6 Å². The van der Waals surface area contributed by atoms with Gasteiger partial charge in [0.2, 0.25) is 5.91 Å². The number of carbonyl (C=O) groups is 1. The molecule has 0 radical (unpaired) electrons. The van der Waals surface area contributed by atoms with Gasteiger partial charge in [0.25, 0.3) is 0 Å². The van der Waals surface area contributed by atoms with Crippen LogP contribution in [-0.4, -0.2) is 11.8 Å². The smallest absolute Gasteiger partial charge is 0.235 e. The molecule has 1 amide bonds. The summed E-state index contributed by atoms with van der Waals surface area (Å²) < 4.78 is 26.5. The number of carbonyl (C=O) groups excluding carboxylic acids is 1. The predicted octanol–water partition coefficient (Wildman–Crippen LogP) is 2.55. The summed E-state index contributed by atoms with van der Waals surface area (Å²) in [6.07, 6.45) is 0. The molecule has 0 spiro atoms. The predicted molar refractivity (Wildman–Crippen MR) is 58.2 cm³/mol. The third-order valence-electron chi connectivity index (χ3n) is 2.18. The lowest BCUT2D eigenvalue weighted by Gasteiger charge is -2.27. The molecule has 0 saturated heterocycles. The fourth-order valence-electron chi connectivity index (χ4n) is 1.43. The fourth-order valence-corrected chi connectivity index (χ4v) is 1.49. The molecule has 1 aromatic rings. The molecule has 1 N–H and O–H groups in total. The molecule has 0 aliphatic rings. The van der Waals surface area contributed by atoms with Crippen molar-refractivity contribution in [1.82, 2.24) is 5.32 Å². The van der Waals surface area contributed by atoms with Crippen molar-refractivity contribution >= 4 is 17.5 Å². The molecule has 0 aromatic heterocycles. The van der Waals surface area contributed by atoms with Crippen LogP contribution in [-0.2, 0) is 10.3 Å². The fraction of sp³-hybridized carbons (Fsp3) is 0.364. The largest absolute Gasteiger partial charge is 0.346 e. The number of halogens is 3. The summed E-state index contributed by atoms with van der Waals surface area (Å²) in [6, 6.07) is 3.11. The van der Waals surface area contributed by atoms with E-state index in [1.54, 1.807) is 13.8 Å². The Morgan fingerprint density at radius 3 is 2.62 bits per heavy atom. The van der Waals surface area contributed by atoms with E-state index in [0.717, 1.165) is 18.2 Å². The molecule has 1 rings (SSSR count). The van der Waals surface area contributed by atoms with E-state index in [1.165, 1.54) is 0 Å². The van der Waals surface area contributed by atoms with E-state index in [9.17, 15) is 13.6 Å². The van der Waals surface area contributed by atoms with Gasteiger partial charge in [-0.15, -0.1) is 11.6 Å². The number of benzene rings is 1. The number of amides is 1. The molecule has 0 unspecified atom stereocenters. The Bertz CT molecular complexity index is 407. The molecule has 0 atom stereocenters. The van der Waals surface area contributed by atoms with Crippen LogP contribution in [0.2, 0.25) is 0 Å². The maximum atomic E-state index is 13.5. The minimum atomic E-state index is -1.00. The Balaban J connectivity index is 3.05. The zero-order valence-electron chi connectivity index (χ0n) is 8.98. The van der Waals surface area contributed by atoms with Crippen molar-refractivity contribution in [3.05, 3.63) is 35.4 Å². The second-order valence-corrected chi connectivity index (χ2v) is 4.20. The van der Waals surface area contributed by atoms with Crippen molar-refractivity contribution in [2.75, 3.05) is 5.88 Å². The molecule has 5 heteroatoms. The van der Waals surface area contributed by atoms with Crippen molar-refractivity contribution in [2.45, 2.75) is 19.4 Å². The van der Waals surface area contributed by atoms with E-state index >= 15 is 0 Å². The highest BCUT2D eigenvalue weighted by molar-refractivity contribution is 6.27. The standard InChI is InChI=1S/C11H12ClF2NO/c1-11(2,15-10(16)6-12)8-5-7(13)3-4-9(8)14/h3-5H,6H2,1-2H3,(H,15,16). The van der Waals surface area contributed by atoms with Crippen LogP contribution < -0.4 is 5.32 Å². The second kappa shape index (κ2) is 4.78. The minimum Gasteiger partial charge on any atom is -0.346 e. The lowest BCUT2D eigenvalue weighted by Crippen LogP contribution is -2.42. The van der Waals surface area contributed by atoms with Crippen LogP contribution in [0.1, 0.15) is 19.4 Å². The Kier molecular flexibility index (Phi) is 3.86. The maximum Gasteiger partial charge on any atom is 0.235 e. The molecule has 16 heavy (non-hydrogen) atoms. The Morgan fingerprint density at radius 2 is 2.06 bits per heavy atom. The van der Waals surface area contributed by atoms with Crippen LogP contribution in [0.3, 0.4) is 0 Å². The molecule has 2 nitrogen and oxygen atoms in total. The molecule has 88 valence electrons. The molecule has 0 aliphatic heterocycles. The van der Waals surface area contributed by atoms with E-state index in [1.807, 2.05) is 0 Å². The van der Waals surface area contributed by atoms with Crippen molar-refractivity contribution < 1.29 is 13.6 Å². The zero-order valence-corrected chi connectivity index (χ0v) is 9.74. The molecule has 0 heterocycles. The highest BCUT2D eigenvalue weighted by Crippen LogP contribution is 2.23. The van der Waals surface area contributed by atoms with Gasteiger partial charge in [0.05, 0.1) is 5.54 Å². The van der Waals surface area contributed by atoms with Crippen molar-refractivity contribution in [3.8, 4) is 0 Å². The van der Waals surface area contributed by atoms with Crippen LogP contribution in [0.4, 0.5) is 8.78 Å². The summed E-state index contributed by atoms with van der Waals surface area (Å²) in [7, 11) is 0. The number of hydrogen-bond acceptors (Lipinski definition) is 1. The van der Waals surface area contributed by atoms with Gasteiger partial charge in [0, 0.05) is 5.56 Å². The SMILES string of the molecule is CC(C)(NC(=O)CCl)c1cc(F)ccc1F. The van der Waals surface area contributed by atoms with Crippen LogP contribution in [0.15, 0.2) is 18.2 Å². The van der Waals surface area contributed by atoms with Gasteiger partial charge in [0.1, 0.15) is 17.5 Å². The number of alkyl halides is 1. The van der Waals surface area contributed by atoms with Gasteiger partial charge in [-0.3, -0.25) is 4.79 Å². The van der Waals surface area contributed by atoms with Crippen molar-refractivity contribution in [1.29, 1.82) is 0 Å². The Hall–Kier alpha value is -1.16. The van der Waals surface area contributed by atoms with Gasteiger partial charge in [-0.25, -0.2) is 8.78 Å². The van der Waals surface area contributed by atoms with Gasteiger partial charge >= 0.3 is 0 Å². The lowest BCUT2D eigenvalue weighted by atomic mass is 9.93. The molecule has 0 saturated carbocycles. The molecule has 0 fully saturated rings. The number of hydrogen-bond donors (Lipinski definition) is 1.